The van der Waals surface area contributed by atoms with Crippen molar-refractivity contribution in [2.45, 2.75) is 12.6 Å². The first-order valence-corrected chi connectivity index (χ1v) is 9.73. The number of nitrogens with one attached hydrogen (secondary N) is 3. The Bertz CT molecular complexity index is 866. The van der Waals surface area contributed by atoms with Crippen molar-refractivity contribution >= 4 is 17.5 Å². The van der Waals surface area contributed by atoms with Gasteiger partial charge in [0, 0.05) is 5.69 Å². The van der Waals surface area contributed by atoms with Gasteiger partial charge in [-0.25, -0.2) is 0 Å². The summed E-state index contributed by atoms with van der Waals surface area (Å²) in [6.07, 6.45) is -4.48. The number of carbonyl (C=O) groups is 2. The Balaban J connectivity index is 1.41. The first-order chi connectivity index (χ1) is 14.3. The van der Waals surface area contributed by atoms with E-state index in [4.69, 9.17) is 0 Å². The Morgan fingerprint density at radius 2 is 1.57 bits per heavy atom. The topological polar surface area (TPSA) is 65.9 Å². The fourth-order valence-electron chi connectivity index (χ4n) is 3.44. The summed E-state index contributed by atoms with van der Waals surface area (Å²) in [4.78, 5) is 27.6. The van der Waals surface area contributed by atoms with E-state index in [1.807, 2.05) is 18.2 Å². The van der Waals surface area contributed by atoms with Crippen LogP contribution < -0.4 is 20.7 Å². The van der Waals surface area contributed by atoms with Crippen LogP contribution in [-0.2, 0) is 11.0 Å². The van der Waals surface area contributed by atoms with Gasteiger partial charge in [-0.05, 0) is 24.3 Å². The van der Waals surface area contributed by atoms with Gasteiger partial charge in [0.25, 0.3) is 5.91 Å². The fraction of sp³-hybridized carbons (Fsp3) is 0.333. The molecule has 9 heteroatoms. The third-order valence-corrected chi connectivity index (χ3v) is 5.09. The maximum Gasteiger partial charge on any atom is 0.417 e. The van der Waals surface area contributed by atoms with Gasteiger partial charge in [-0.15, -0.1) is 0 Å². The normalized spacial score (nSPS) is 15.0. The average Bonchev–Trinajstić information content (AvgIpc) is 2.76. The number of rotatable bonds is 5. The van der Waals surface area contributed by atoms with Gasteiger partial charge in [0.05, 0.1) is 50.3 Å². The summed E-state index contributed by atoms with van der Waals surface area (Å²) < 4.78 is 39.0. The highest BCUT2D eigenvalue weighted by atomic mass is 19.4. The SMILES string of the molecule is O=C(CC[NH+]1CCN(c2ccccc2)CC1)NNC(=O)c1ccccc1C(F)(F)F. The number of hydrogen-bond donors (Lipinski definition) is 3. The number of hydrogen-bond acceptors (Lipinski definition) is 3. The average molecular weight is 421 g/mol. The number of carbonyl (C=O) groups excluding carboxylic acids is 2. The number of hydrazine groups is 1. The van der Waals surface area contributed by atoms with Crippen LogP contribution in [0.25, 0.3) is 0 Å². The minimum atomic E-state index is -4.65. The molecule has 160 valence electrons. The van der Waals surface area contributed by atoms with Crippen molar-refractivity contribution in [1.29, 1.82) is 0 Å². The van der Waals surface area contributed by atoms with Gasteiger partial charge in [0.2, 0.25) is 5.91 Å². The van der Waals surface area contributed by atoms with E-state index in [-0.39, 0.29) is 6.42 Å². The highest BCUT2D eigenvalue weighted by Crippen LogP contribution is 2.31. The number of quaternary nitrogens is 1. The largest absolute Gasteiger partial charge is 0.417 e. The van der Waals surface area contributed by atoms with Crippen LogP contribution in [0.2, 0.25) is 0 Å². The van der Waals surface area contributed by atoms with Gasteiger partial charge in [-0.3, -0.25) is 20.4 Å². The number of piperazine rings is 1. The van der Waals surface area contributed by atoms with Crippen LogP contribution in [0, 0.1) is 0 Å². The van der Waals surface area contributed by atoms with Crippen LogP contribution in [0.4, 0.5) is 18.9 Å². The minimum Gasteiger partial charge on any atom is -0.360 e. The summed E-state index contributed by atoms with van der Waals surface area (Å²) in [6, 6.07) is 14.6. The summed E-state index contributed by atoms with van der Waals surface area (Å²) in [7, 11) is 0. The Labute approximate surface area is 172 Å². The highest BCUT2D eigenvalue weighted by molar-refractivity contribution is 5.96. The molecule has 1 aliphatic rings. The molecule has 0 radical (unpaired) electrons. The smallest absolute Gasteiger partial charge is 0.360 e. The van der Waals surface area contributed by atoms with Crippen LogP contribution in [-0.4, -0.2) is 44.5 Å². The molecule has 2 amide bonds. The number of benzene rings is 2. The Kier molecular flexibility index (Phi) is 6.94. The van der Waals surface area contributed by atoms with Crippen LogP contribution in [0.1, 0.15) is 22.3 Å². The zero-order chi connectivity index (χ0) is 21.6. The molecule has 3 rings (SSSR count). The lowest BCUT2D eigenvalue weighted by atomic mass is 10.1. The predicted octanol–water partition coefficient (Wildman–Crippen LogP) is 1.26. The molecule has 2 aromatic carbocycles. The summed E-state index contributed by atoms with van der Waals surface area (Å²) in [5, 5.41) is 0. The maximum absolute atomic E-state index is 13.0. The summed E-state index contributed by atoms with van der Waals surface area (Å²) in [6.45, 7) is 4.11. The Morgan fingerprint density at radius 3 is 2.23 bits per heavy atom. The molecule has 2 aromatic rings. The second kappa shape index (κ2) is 9.62. The van der Waals surface area contributed by atoms with Crippen LogP contribution in [0.5, 0.6) is 0 Å². The second-order valence-corrected chi connectivity index (χ2v) is 7.12. The van der Waals surface area contributed by atoms with Gasteiger partial charge in [-0.2, -0.15) is 13.2 Å². The van der Waals surface area contributed by atoms with Gasteiger partial charge < -0.3 is 9.80 Å². The van der Waals surface area contributed by atoms with Crippen LogP contribution in [0.3, 0.4) is 0 Å². The number of halogens is 3. The Hall–Kier alpha value is -3.07. The molecule has 0 bridgehead atoms. The highest BCUT2D eigenvalue weighted by Gasteiger charge is 2.34. The molecule has 0 atom stereocenters. The van der Waals surface area contributed by atoms with E-state index < -0.39 is 29.1 Å². The third kappa shape index (κ3) is 5.73. The molecule has 30 heavy (non-hydrogen) atoms. The number of anilines is 1. The molecule has 1 fully saturated rings. The predicted molar refractivity (Wildman–Crippen MR) is 106 cm³/mol. The lowest BCUT2D eigenvalue weighted by Crippen LogP contribution is -3.15. The summed E-state index contributed by atoms with van der Waals surface area (Å²) in [5.41, 5.74) is 3.87. The first-order valence-electron chi connectivity index (χ1n) is 9.73. The molecule has 0 spiro atoms. The first kappa shape index (κ1) is 21.6. The third-order valence-electron chi connectivity index (χ3n) is 5.09. The van der Waals surface area contributed by atoms with E-state index in [1.165, 1.54) is 22.7 Å². The lowest BCUT2D eigenvalue weighted by Gasteiger charge is -2.33. The van der Waals surface area contributed by atoms with Crippen molar-refractivity contribution in [3.05, 3.63) is 65.7 Å². The molecular formula is C21H24F3N4O2+. The number of amides is 2. The molecule has 1 saturated heterocycles. The number of alkyl halides is 3. The molecule has 0 saturated carbocycles. The molecule has 6 nitrogen and oxygen atoms in total. The van der Waals surface area contributed by atoms with Crippen LogP contribution >= 0.6 is 0 Å². The fourth-order valence-corrected chi connectivity index (χ4v) is 3.44. The second-order valence-electron chi connectivity index (χ2n) is 7.12. The van der Waals surface area contributed by atoms with Crippen LogP contribution in [0.15, 0.2) is 54.6 Å². The van der Waals surface area contributed by atoms with E-state index >= 15 is 0 Å². The molecule has 0 aliphatic carbocycles. The van der Waals surface area contributed by atoms with Gasteiger partial charge >= 0.3 is 6.18 Å². The zero-order valence-corrected chi connectivity index (χ0v) is 16.3. The van der Waals surface area contributed by atoms with Gasteiger partial charge in [-0.1, -0.05) is 30.3 Å². The quantitative estimate of drug-likeness (QED) is 0.637. The van der Waals surface area contributed by atoms with E-state index in [1.54, 1.807) is 0 Å². The maximum atomic E-state index is 13.0. The lowest BCUT2D eigenvalue weighted by molar-refractivity contribution is -0.900. The minimum absolute atomic E-state index is 0.169. The standard InChI is InChI=1S/C21H23F3N4O2/c22-21(23,24)18-9-5-4-8-17(18)20(30)26-25-19(29)10-11-27-12-14-28(15-13-27)16-6-2-1-3-7-16/h1-9H,10-15H2,(H,25,29)(H,26,30)/p+1. The van der Waals surface area contributed by atoms with Crippen molar-refractivity contribution in [2.24, 2.45) is 0 Å². The van der Waals surface area contributed by atoms with Crippen molar-refractivity contribution in [3.8, 4) is 0 Å². The molecule has 3 N–H and O–H groups in total. The van der Waals surface area contributed by atoms with Crippen molar-refractivity contribution in [1.82, 2.24) is 10.9 Å². The molecule has 0 aromatic heterocycles. The Morgan fingerprint density at radius 1 is 0.933 bits per heavy atom. The summed E-state index contributed by atoms with van der Waals surface area (Å²) in [5.74, 6) is -1.44. The summed E-state index contributed by atoms with van der Waals surface area (Å²) >= 11 is 0. The van der Waals surface area contributed by atoms with Crippen molar-refractivity contribution in [2.75, 3.05) is 37.6 Å². The molecular weight excluding hydrogens is 397 g/mol. The molecule has 1 heterocycles. The monoisotopic (exact) mass is 421 g/mol. The van der Waals surface area contributed by atoms with Gasteiger partial charge in [0.1, 0.15) is 0 Å². The molecule has 1 aliphatic heterocycles. The zero-order valence-electron chi connectivity index (χ0n) is 16.3. The number of para-hydroxylation sites is 1. The van der Waals surface area contributed by atoms with E-state index in [9.17, 15) is 22.8 Å². The molecule has 0 unspecified atom stereocenters. The van der Waals surface area contributed by atoms with Crippen molar-refractivity contribution in [3.63, 3.8) is 0 Å². The van der Waals surface area contributed by atoms with E-state index in [0.29, 0.717) is 6.54 Å². The van der Waals surface area contributed by atoms with E-state index in [2.05, 4.69) is 27.9 Å². The van der Waals surface area contributed by atoms with E-state index in [0.717, 1.165) is 38.3 Å². The number of nitrogens with zero attached hydrogens (tertiary/aromatic N) is 1. The van der Waals surface area contributed by atoms with Crippen molar-refractivity contribution < 1.29 is 27.7 Å². The van der Waals surface area contributed by atoms with Gasteiger partial charge in [0.15, 0.2) is 0 Å².